The maximum absolute atomic E-state index is 12.7. The Labute approximate surface area is 303 Å². The van der Waals surface area contributed by atoms with Crippen molar-refractivity contribution in [3.05, 3.63) is 35.9 Å². The summed E-state index contributed by atoms with van der Waals surface area (Å²) in [5.74, 6) is 1.51. The van der Waals surface area contributed by atoms with Gasteiger partial charge in [-0.05, 0) is 49.1 Å². The molecule has 0 saturated heterocycles. The summed E-state index contributed by atoms with van der Waals surface area (Å²) in [6.07, 6.45) is 3.45. The first-order valence-electron chi connectivity index (χ1n) is 18.2. The zero-order chi connectivity index (χ0) is 38.4. The average Bonchev–Trinajstić information content (AvgIpc) is 2.94. The molecule has 0 heterocycles. The molecule has 0 aliphatic rings. The van der Waals surface area contributed by atoms with Crippen LogP contribution in [0.1, 0.15) is 149 Å². The molecule has 4 unspecified atom stereocenters. The van der Waals surface area contributed by atoms with Gasteiger partial charge in [-0.25, -0.2) is 0 Å². The van der Waals surface area contributed by atoms with E-state index in [9.17, 15) is 19.2 Å². The lowest BCUT2D eigenvalue weighted by atomic mass is 9.78. The molecular formula is C42H81N3O4. The van der Waals surface area contributed by atoms with E-state index in [1.165, 1.54) is 0 Å². The van der Waals surface area contributed by atoms with Crippen molar-refractivity contribution in [1.82, 2.24) is 0 Å². The number of rotatable bonds is 15. The van der Waals surface area contributed by atoms with E-state index in [1.54, 1.807) is 6.92 Å². The van der Waals surface area contributed by atoms with E-state index in [-0.39, 0.29) is 66.6 Å². The highest BCUT2D eigenvalue weighted by atomic mass is 16.1. The molecule has 6 N–H and O–H groups in total. The van der Waals surface area contributed by atoms with Crippen LogP contribution in [0.15, 0.2) is 30.3 Å². The van der Waals surface area contributed by atoms with Gasteiger partial charge in [-0.2, -0.15) is 0 Å². The van der Waals surface area contributed by atoms with Crippen molar-refractivity contribution in [2.24, 2.45) is 57.6 Å². The SMILES string of the molecule is C.CC(C)(C)C(=O)C(CCCCN)CC(=O)C(N)Cc1ccccc1.CC(C)C.CC(C)C.CC(CC(=O)C(N)C(C)C)C(=O)C(C)(C)C. The van der Waals surface area contributed by atoms with Gasteiger partial charge in [0.1, 0.15) is 17.3 Å². The Balaban J connectivity index is -0.000000348. The van der Waals surface area contributed by atoms with E-state index in [0.717, 1.165) is 30.2 Å². The molecule has 0 aliphatic carbocycles. The first kappa shape index (κ1) is 53.6. The first-order chi connectivity index (χ1) is 21.8. The number of unbranched alkanes of at least 4 members (excludes halogenated alkanes) is 1. The van der Waals surface area contributed by atoms with Crippen molar-refractivity contribution in [3.63, 3.8) is 0 Å². The molecule has 1 aromatic carbocycles. The Morgan fingerprint density at radius 2 is 1.08 bits per heavy atom. The quantitative estimate of drug-likeness (QED) is 0.156. The minimum absolute atomic E-state index is 0. The van der Waals surface area contributed by atoms with Gasteiger partial charge in [0.05, 0.1) is 12.1 Å². The van der Waals surface area contributed by atoms with Gasteiger partial charge in [-0.3, -0.25) is 19.2 Å². The molecule has 0 aliphatic heterocycles. The number of nitrogens with two attached hydrogens (primary N) is 3. The Kier molecular flexibility index (Phi) is 30.1. The smallest absolute Gasteiger partial charge is 0.150 e. The molecular weight excluding hydrogens is 610 g/mol. The maximum Gasteiger partial charge on any atom is 0.150 e. The fourth-order valence-corrected chi connectivity index (χ4v) is 4.49. The Morgan fingerprint density at radius 1 is 0.653 bits per heavy atom. The van der Waals surface area contributed by atoms with Crippen molar-refractivity contribution in [1.29, 1.82) is 0 Å². The lowest BCUT2D eigenvalue weighted by Crippen LogP contribution is -2.38. The second-order valence-corrected chi connectivity index (χ2v) is 17.0. The summed E-state index contributed by atoms with van der Waals surface area (Å²) in [6.45, 7) is 30.6. The van der Waals surface area contributed by atoms with E-state index in [2.05, 4.69) is 41.5 Å². The summed E-state index contributed by atoms with van der Waals surface area (Å²) in [7, 11) is 0. The van der Waals surface area contributed by atoms with Crippen molar-refractivity contribution in [2.45, 2.75) is 162 Å². The third kappa shape index (κ3) is 29.2. The number of hydrogen-bond donors (Lipinski definition) is 3. The fraction of sp³-hybridized carbons (Fsp3) is 0.762. The van der Waals surface area contributed by atoms with Crippen LogP contribution in [0.2, 0.25) is 0 Å². The van der Waals surface area contributed by atoms with Crippen LogP contribution in [0.3, 0.4) is 0 Å². The lowest BCUT2D eigenvalue weighted by molar-refractivity contribution is -0.134. The molecule has 0 bridgehead atoms. The van der Waals surface area contributed by atoms with Crippen LogP contribution in [0.5, 0.6) is 0 Å². The second kappa shape index (κ2) is 27.5. The molecule has 7 nitrogen and oxygen atoms in total. The van der Waals surface area contributed by atoms with Crippen molar-refractivity contribution in [2.75, 3.05) is 6.54 Å². The molecule has 4 atom stereocenters. The van der Waals surface area contributed by atoms with Gasteiger partial charge in [0.2, 0.25) is 0 Å². The summed E-state index contributed by atoms with van der Waals surface area (Å²) in [4.78, 5) is 48.8. The highest BCUT2D eigenvalue weighted by molar-refractivity contribution is 5.93. The first-order valence-corrected chi connectivity index (χ1v) is 18.2. The molecule has 0 aromatic heterocycles. The highest BCUT2D eigenvalue weighted by Gasteiger charge is 2.32. The van der Waals surface area contributed by atoms with Crippen LogP contribution in [0, 0.1) is 40.4 Å². The van der Waals surface area contributed by atoms with Gasteiger partial charge in [-0.1, -0.05) is 148 Å². The van der Waals surface area contributed by atoms with Gasteiger partial charge in [-0.15, -0.1) is 0 Å². The molecule has 7 heteroatoms. The molecule has 49 heavy (non-hydrogen) atoms. The van der Waals surface area contributed by atoms with Crippen molar-refractivity contribution >= 4 is 23.1 Å². The van der Waals surface area contributed by atoms with Gasteiger partial charge in [0.25, 0.3) is 0 Å². The standard InChI is InChI=1S/C20H32N2O2.C13H25NO2.2C4H10.CH4/c1-20(2,3)19(24)16(11-7-8-12-21)14-18(23)17(22)13-15-9-5-4-6-10-15;1-8(2)11(14)10(15)7-9(3)12(16)13(4,5)6;2*1-4(2)3;/h4-6,9-10,16-17H,7-8,11-14,21-22H2,1-3H3;8-9,11H,7,14H2,1-6H3;2*4H,1-3H3;1H4. The minimum Gasteiger partial charge on any atom is -0.330 e. The van der Waals surface area contributed by atoms with Crippen molar-refractivity contribution in [3.8, 4) is 0 Å². The third-order valence-electron chi connectivity index (χ3n) is 7.06. The topological polar surface area (TPSA) is 146 Å². The molecule has 0 radical (unpaired) electrons. The number of hydrogen-bond acceptors (Lipinski definition) is 7. The summed E-state index contributed by atoms with van der Waals surface area (Å²) in [5.41, 5.74) is 17.6. The Bertz CT molecular complexity index is 1010. The molecule has 0 amide bonds. The summed E-state index contributed by atoms with van der Waals surface area (Å²) in [6, 6.07) is 8.73. The summed E-state index contributed by atoms with van der Waals surface area (Å²) in [5, 5.41) is 0. The van der Waals surface area contributed by atoms with Gasteiger partial charge in [0.15, 0.2) is 5.78 Å². The van der Waals surface area contributed by atoms with Crippen LogP contribution < -0.4 is 17.2 Å². The van der Waals surface area contributed by atoms with Gasteiger partial charge >= 0.3 is 0 Å². The van der Waals surface area contributed by atoms with Crippen LogP contribution in [-0.4, -0.2) is 41.8 Å². The van der Waals surface area contributed by atoms with Crippen LogP contribution in [0.4, 0.5) is 0 Å². The fourth-order valence-electron chi connectivity index (χ4n) is 4.49. The summed E-state index contributed by atoms with van der Waals surface area (Å²) >= 11 is 0. The third-order valence-corrected chi connectivity index (χ3v) is 7.06. The van der Waals surface area contributed by atoms with E-state index in [1.807, 2.05) is 85.7 Å². The molecule has 1 aromatic rings. The molecule has 0 spiro atoms. The maximum atomic E-state index is 12.7. The molecule has 288 valence electrons. The monoisotopic (exact) mass is 692 g/mol. The molecule has 0 saturated carbocycles. The van der Waals surface area contributed by atoms with Crippen LogP contribution in [0.25, 0.3) is 0 Å². The number of carbonyl (C=O) groups is 4. The van der Waals surface area contributed by atoms with E-state index in [4.69, 9.17) is 17.2 Å². The van der Waals surface area contributed by atoms with Crippen LogP contribution >= 0.6 is 0 Å². The van der Waals surface area contributed by atoms with E-state index in [0.29, 0.717) is 19.4 Å². The van der Waals surface area contributed by atoms with E-state index >= 15 is 0 Å². The molecule has 0 fully saturated rings. The molecule has 1 rings (SSSR count). The largest absolute Gasteiger partial charge is 0.330 e. The number of ketones is 4. The predicted molar refractivity (Wildman–Crippen MR) is 212 cm³/mol. The van der Waals surface area contributed by atoms with Crippen LogP contribution in [-0.2, 0) is 25.6 Å². The minimum atomic E-state index is -0.558. The van der Waals surface area contributed by atoms with E-state index < -0.39 is 17.5 Å². The predicted octanol–water partition coefficient (Wildman–Crippen LogP) is 9.02. The average molecular weight is 692 g/mol. The second-order valence-electron chi connectivity index (χ2n) is 17.0. The zero-order valence-electron chi connectivity index (χ0n) is 33.7. The normalized spacial score (nSPS) is 13.7. The lowest BCUT2D eigenvalue weighted by Gasteiger charge is -2.25. The van der Waals surface area contributed by atoms with Crippen molar-refractivity contribution < 1.29 is 19.2 Å². The zero-order valence-corrected chi connectivity index (χ0v) is 33.7. The number of benzene rings is 1. The Morgan fingerprint density at radius 3 is 1.45 bits per heavy atom. The van der Waals surface area contributed by atoms with Gasteiger partial charge < -0.3 is 17.2 Å². The summed E-state index contributed by atoms with van der Waals surface area (Å²) < 4.78 is 0. The van der Waals surface area contributed by atoms with Gasteiger partial charge in [0, 0.05) is 35.5 Å². The highest BCUT2D eigenvalue weighted by Crippen LogP contribution is 2.27. The number of carbonyl (C=O) groups excluding carboxylic acids is 4. The Hall–Kier alpha value is -2.22. The number of Topliss-reactive ketones (excluding diaryl/α,β-unsaturated/α-hetero) is 4.